The number of nitrogens with two attached hydrogens (primary N) is 1. The summed E-state index contributed by atoms with van der Waals surface area (Å²) in [6, 6.07) is 7.34. The van der Waals surface area contributed by atoms with Gasteiger partial charge in [-0.25, -0.2) is 14.1 Å². The molecule has 2 aliphatic rings. The second-order valence-corrected chi connectivity index (χ2v) is 19.7. The van der Waals surface area contributed by atoms with E-state index in [9.17, 15) is 32.9 Å². The van der Waals surface area contributed by atoms with E-state index < -0.39 is 42.0 Å². The highest BCUT2D eigenvalue weighted by molar-refractivity contribution is 7.57. The summed E-state index contributed by atoms with van der Waals surface area (Å²) in [5.74, 6) is -2.90. The zero-order valence-electron chi connectivity index (χ0n) is 38.4. The predicted molar refractivity (Wildman–Crippen MR) is 260 cm³/mol. The molecule has 21 heteroatoms. The zero-order chi connectivity index (χ0) is 50.5. The van der Waals surface area contributed by atoms with Crippen LogP contribution >= 0.6 is 53.8 Å². The maximum atomic E-state index is 14.3. The minimum absolute atomic E-state index is 0.00962. The van der Waals surface area contributed by atoms with Gasteiger partial charge in [-0.3, -0.25) is 23.7 Å². The summed E-state index contributed by atoms with van der Waals surface area (Å²) in [4.78, 5) is 69.5. The number of cyclic esters (lactones) is 1. The van der Waals surface area contributed by atoms with Gasteiger partial charge in [0.25, 0.3) is 5.91 Å². The van der Waals surface area contributed by atoms with Crippen molar-refractivity contribution in [3.63, 3.8) is 0 Å². The number of allylic oxidation sites excluding steroid dienone is 1. The first-order chi connectivity index (χ1) is 30.9. The number of alkyl halides is 3. The summed E-state index contributed by atoms with van der Waals surface area (Å²) in [5.41, 5.74) is 8.61. The summed E-state index contributed by atoms with van der Waals surface area (Å²) in [5, 5.41) is 8.38. The van der Waals surface area contributed by atoms with Crippen LogP contribution in [0.1, 0.15) is 70.9 Å². The molecule has 3 atom stereocenters. The van der Waals surface area contributed by atoms with Gasteiger partial charge in [-0.15, -0.1) is 24.8 Å². The fraction of sp³-hybridized carbons (Fsp3) is 0.489. The lowest BCUT2D eigenvalue weighted by molar-refractivity contribution is -0.138. The van der Waals surface area contributed by atoms with Crippen LogP contribution in [0.3, 0.4) is 0 Å². The monoisotopic (exact) mass is 1020 g/mol. The summed E-state index contributed by atoms with van der Waals surface area (Å²) < 4.78 is 40.9. The molecule has 2 fully saturated rings. The van der Waals surface area contributed by atoms with Crippen molar-refractivity contribution in [3.8, 4) is 5.75 Å². The van der Waals surface area contributed by atoms with Crippen molar-refractivity contribution in [1.29, 1.82) is 0 Å². The second-order valence-electron chi connectivity index (χ2n) is 15.4. The molecule has 4 amide bonds. The van der Waals surface area contributed by atoms with Crippen molar-refractivity contribution in [2.75, 3.05) is 55.3 Å². The van der Waals surface area contributed by atoms with Gasteiger partial charge in [0.05, 0.1) is 35.2 Å². The average molecular weight is 1030 g/mol. The van der Waals surface area contributed by atoms with E-state index in [4.69, 9.17) is 76.3 Å². The van der Waals surface area contributed by atoms with E-state index in [2.05, 4.69) is 26.1 Å². The van der Waals surface area contributed by atoms with Gasteiger partial charge in [-0.1, -0.05) is 72.1 Å². The Hall–Kier alpha value is -3.99. The molecule has 1 heterocycles. The lowest BCUT2D eigenvalue weighted by Crippen LogP contribution is -2.43. The number of carbonyl (C=O) groups excluding carboxylic acids is 4. The van der Waals surface area contributed by atoms with E-state index >= 15 is 0 Å². The van der Waals surface area contributed by atoms with E-state index in [0.717, 1.165) is 55.0 Å². The van der Waals surface area contributed by atoms with Crippen molar-refractivity contribution in [2.24, 2.45) is 5.73 Å². The number of halogens is 5. The molecule has 2 aromatic carbocycles. The SMILES string of the molecule is C=CCN(CC=C)C(=O)C(Cl)Cl.CC(C)=C1OC(=O)N(c2cc(OC3CCCC3)c(Cl)cc2F)C1=O.CCc1cccc(C)c1N(C(=O)CCl)C(C)COC.CP(=O)(O)CCC(N)C(=O)O. The van der Waals surface area contributed by atoms with E-state index in [0.29, 0.717) is 30.2 Å². The third-order valence-corrected chi connectivity index (χ3v) is 11.6. The molecule has 0 aromatic heterocycles. The highest BCUT2D eigenvalue weighted by atomic mass is 35.5. The number of benzene rings is 2. The summed E-state index contributed by atoms with van der Waals surface area (Å²) in [6.45, 7) is 18.9. The quantitative estimate of drug-likeness (QED) is 0.0553. The van der Waals surface area contributed by atoms with Gasteiger partial charge in [0, 0.05) is 39.1 Å². The number of carboxylic acid groups (broad SMARTS) is 1. The number of methoxy groups -OCH3 is 1. The molecule has 15 nitrogen and oxygen atoms in total. The van der Waals surface area contributed by atoms with E-state index in [1.54, 1.807) is 38.0 Å². The number of rotatable bonds is 18. The lowest BCUT2D eigenvalue weighted by atomic mass is 10.0. The largest absolute Gasteiger partial charge is 0.489 e. The second kappa shape index (κ2) is 29.7. The number of hydrogen-bond acceptors (Lipinski definition) is 10. The van der Waals surface area contributed by atoms with Gasteiger partial charge < -0.3 is 39.7 Å². The predicted octanol–water partition coefficient (Wildman–Crippen LogP) is 9.42. The Morgan fingerprint density at radius 3 is 2.17 bits per heavy atom. The molecular weight excluding hydrogens is 964 g/mol. The normalized spacial score (nSPS) is 15.1. The Kier molecular flexibility index (Phi) is 27.0. The van der Waals surface area contributed by atoms with Crippen LogP contribution in [0.4, 0.5) is 20.6 Å². The smallest absolute Gasteiger partial charge is 0.427 e. The molecule has 4 N–H and O–H groups in total. The Bertz CT molecular complexity index is 2070. The standard InChI is InChI=1S/C17H17ClFNO4.C15H22ClNO2.C8H11Cl2NO.C5H12NO4P/c1-9(2)15-16(21)20(17(22)24-15)13-8-14(11(18)7-12(13)19)23-10-5-3-4-6-10;1-5-13-8-6-7-11(2)15(13)17(14(18)9-16)12(3)10-19-4;1-3-5-11(6-4-2)8(12)7(9)10;1-11(9,10)3-2-4(6)5(7)8/h7-8,10H,3-6H2,1-2H3;6-8,12H,5,9-10H2,1-4H3;3-4,7H,1-2,5-6H2;4H,2-3,6H2,1H3,(H,7,8)(H,9,10). The van der Waals surface area contributed by atoms with E-state index in [1.807, 2.05) is 26.0 Å². The number of para-hydroxylation sites is 1. The molecular formula is C45H62Cl4FN4O11P. The molecule has 1 aliphatic carbocycles. The number of nitrogens with zero attached hydrogens (tertiary/aromatic N) is 3. The number of ether oxygens (including phenoxy) is 3. The summed E-state index contributed by atoms with van der Waals surface area (Å²) in [7, 11) is -1.47. The van der Waals surface area contributed by atoms with Crippen molar-refractivity contribution in [2.45, 2.75) is 96.2 Å². The summed E-state index contributed by atoms with van der Waals surface area (Å²) in [6.07, 6.45) is 7.09. The number of aryl methyl sites for hydroxylation is 2. The molecule has 66 heavy (non-hydrogen) atoms. The molecule has 0 radical (unpaired) electrons. The van der Waals surface area contributed by atoms with Crippen LogP contribution in [-0.2, 0) is 39.6 Å². The van der Waals surface area contributed by atoms with Gasteiger partial charge in [0.2, 0.25) is 5.91 Å². The average Bonchev–Trinajstić information content (AvgIpc) is 3.88. The van der Waals surface area contributed by atoms with Crippen LogP contribution in [-0.4, -0.2) is 113 Å². The molecule has 3 unspecified atom stereocenters. The van der Waals surface area contributed by atoms with Gasteiger partial charge in [-0.2, -0.15) is 0 Å². The van der Waals surface area contributed by atoms with Crippen molar-refractivity contribution >= 4 is 94.9 Å². The lowest BCUT2D eigenvalue weighted by Gasteiger charge is -2.31. The zero-order valence-corrected chi connectivity index (χ0v) is 42.3. The van der Waals surface area contributed by atoms with Crippen LogP contribution in [0.15, 0.2) is 67.0 Å². The molecule has 1 aliphatic heterocycles. The number of anilines is 2. The first-order valence-electron chi connectivity index (χ1n) is 20.8. The molecule has 0 spiro atoms. The Balaban J connectivity index is 0.000000465. The van der Waals surface area contributed by atoms with E-state index in [1.165, 1.54) is 17.6 Å². The Labute approximate surface area is 407 Å². The van der Waals surface area contributed by atoms with Gasteiger partial charge in [0.15, 0.2) is 18.0 Å². The highest BCUT2D eigenvalue weighted by Gasteiger charge is 2.40. The number of hydrogen-bond donors (Lipinski definition) is 3. The third kappa shape index (κ3) is 19.3. The third-order valence-electron chi connectivity index (χ3n) is 9.61. The highest BCUT2D eigenvalue weighted by Crippen LogP contribution is 2.38. The molecule has 2 aromatic rings. The summed E-state index contributed by atoms with van der Waals surface area (Å²) >= 11 is 22.6. The molecule has 1 saturated carbocycles. The number of carbonyl (C=O) groups is 5. The number of imide groups is 1. The first kappa shape index (κ1) is 60.0. The van der Waals surface area contributed by atoms with Crippen LogP contribution in [0.2, 0.25) is 5.02 Å². The van der Waals surface area contributed by atoms with Gasteiger partial charge in [0.1, 0.15) is 23.5 Å². The minimum atomic E-state index is -3.10. The maximum Gasteiger partial charge on any atom is 0.427 e. The molecule has 1 saturated heterocycles. The van der Waals surface area contributed by atoms with E-state index in [-0.39, 0.29) is 64.6 Å². The molecule has 0 bridgehead atoms. The fourth-order valence-electron chi connectivity index (χ4n) is 6.38. The van der Waals surface area contributed by atoms with Crippen molar-refractivity contribution < 1.29 is 57.1 Å². The van der Waals surface area contributed by atoms with Crippen LogP contribution < -0.4 is 20.3 Å². The number of carboxylic acids is 1. The number of aliphatic carboxylic acids is 1. The first-order valence-corrected chi connectivity index (χ1v) is 24.9. The van der Waals surface area contributed by atoms with Crippen LogP contribution in [0.5, 0.6) is 5.75 Å². The van der Waals surface area contributed by atoms with Gasteiger partial charge in [-0.05, 0) is 89.0 Å². The fourth-order valence-corrected chi connectivity index (χ4v) is 7.73. The van der Waals surface area contributed by atoms with Crippen LogP contribution in [0.25, 0.3) is 0 Å². The molecule has 4 rings (SSSR count). The Morgan fingerprint density at radius 2 is 1.71 bits per heavy atom. The number of amides is 4. The molecule has 368 valence electrons. The van der Waals surface area contributed by atoms with Crippen molar-refractivity contribution in [1.82, 2.24) is 4.90 Å². The maximum absolute atomic E-state index is 14.3. The minimum Gasteiger partial charge on any atom is -0.489 e. The topological polar surface area (TPSA) is 206 Å². The van der Waals surface area contributed by atoms with Crippen molar-refractivity contribution in [3.05, 3.63) is 88.9 Å². The Morgan fingerprint density at radius 1 is 1.12 bits per heavy atom. The van der Waals surface area contributed by atoms with Gasteiger partial charge >= 0.3 is 18.0 Å². The van der Waals surface area contributed by atoms with Crippen LogP contribution in [0, 0.1) is 12.7 Å².